The van der Waals surface area contributed by atoms with Gasteiger partial charge < -0.3 is 19.4 Å². The monoisotopic (exact) mass is 302 g/mol. The Labute approximate surface area is 126 Å². The van der Waals surface area contributed by atoms with Crippen LogP contribution in [0.15, 0.2) is 52.8 Å². The van der Waals surface area contributed by atoms with Crippen LogP contribution in [-0.2, 0) is 11.2 Å². The molecule has 0 saturated carbocycles. The van der Waals surface area contributed by atoms with Crippen molar-refractivity contribution in [3.8, 4) is 5.75 Å². The van der Waals surface area contributed by atoms with Crippen molar-refractivity contribution in [2.75, 3.05) is 7.11 Å². The minimum atomic E-state index is -1.57. The fourth-order valence-electron chi connectivity index (χ4n) is 1.91. The molecule has 0 bridgehead atoms. The molecule has 0 unspecified atom stereocenters. The average Bonchev–Trinajstić information content (AvgIpc) is 2.96. The quantitative estimate of drug-likeness (QED) is 0.483. The van der Waals surface area contributed by atoms with E-state index in [2.05, 4.69) is 0 Å². The van der Waals surface area contributed by atoms with Gasteiger partial charge >= 0.3 is 5.97 Å². The van der Waals surface area contributed by atoms with Crippen LogP contribution in [0.2, 0.25) is 0 Å². The van der Waals surface area contributed by atoms with Crippen LogP contribution in [0.25, 0.3) is 0 Å². The van der Waals surface area contributed by atoms with Crippen LogP contribution in [0.1, 0.15) is 21.7 Å². The van der Waals surface area contributed by atoms with Crippen molar-refractivity contribution in [1.82, 2.24) is 0 Å². The summed E-state index contributed by atoms with van der Waals surface area (Å²) in [6.45, 7) is 0. The Morgan fingerprint density at radius 2 is 1.86 bits per heavy atom. The van der Waals surface area contributed by atoms with Gasteiger partial charge in [0.2, 0.25) is 11.5 Å². The molecule has 0 aliphatic rings. The van der Waals surface area contributed by atoms with Crippen LogP contribution in [-0.4, -0.2) is 29.1 Å². The van der Waals surface area contributed by atoms with Crippen LogP contribution in [0, 0.1) is 0 Å². The highest BCUT2D eigenvalue weighted by atomic mass is 16.5. The lowest BCUT2D eigenvalue weighted by atomic mass is 10.0. The number of aliphatic hydroxyl groups is 1. The molecular formula is C16H14O6. The first-order valence-corrected chi connectivity index (χ1v) is 6.39. The molecule has 0 aliphatic carbocycles. The van der Waals surface area contributed by atoms with Crippen molar-refractivity contribution in [1.29, 1.82) is 0 Å². The molecule has 1 heterocycles. The summed E-state index contributed by atoms with van der Waals surface area (Å²) < 4.78 is 10.2. The maximum Gasteiger partial charge on any atom is 0.371 e. The van der Waals surface area contributed by atoms with Crippen molar-refractivity contribution in [3.63, 3.8) is 0 Å². The van der Waals surface area contributed by atoms with E-state index in [1.807, 2.05) is 12.1 Å². The normalized spacial score (nSPS) is 11.2. The van der Waals surface area contributed by atoms with E-state index in [0.29, 0.717) is 18.1 Å². The SMILES string of the molecule is COc1ccc(Cc2ccoc2C(=O)C=C(O)C(=O)O)cc1. The zero-order valence-corrected chi connectivity index (χ0v) is 11.8. The first-order valence-electron chi connectivity index (χ1n) is 6.39. The molecule has 0 aliphatic heterocycles. The number of hydrogen-bond acceptors (Lipinski definition) is 5. The van der Waals surface area contributed by atoms with Crippen LogP contribution in [0.4, 0.5) is 0 Å². The number of carboxylic acids is 1. The second-order valence-electron chi connectivity index (χ2n) is 4.50. The Hall–Kier alpha value is -3.02. The molecule has 6 heteroatoms. The number of allylic oxidation sites excluding steroid dienone is 1. The fraction of sp³-hybridized carbons (Fsp3) is 0.125. The third-order valence-corrected chi connectivity index (χ3v) is 3.01. The van der Waals surface area contributed by atoms with Gasteiger partial charge in [0.25, 0.3) is 0 Å². The van der Waals surface area contributed by atoms with Crippen molar-refractivity contribution < 1.29 is 29.0 Å². The Morgan fingerprint density at radius 1 is 1.18 bits per heavy atom. The van der Waals surface area contributed by atoms with Crippen LogP contribution in [0.5, 0.6) is 5.75 Å². The van der Waals surface area contributed by atoms with E-state index in [1.54, 1.807) is 25.3 Å². The maximum atomic E-state index is 11.9. The predicted octanol–water partition coefficient (Wildman–Crippen LogP) is 2.59. The molecule has 0 saturated heterocycles. The lowest BCUT2D eigenvalue weighted by Crippen LogP contribution is -2.05. The van der Waals surface area contributed by atoms with Gasteiger partial charge in [0.05, 0.1) is 13.4 Å². The molecule has 0 fully saturated rings. The Kier molecular flexibility index (Phi) is 4.63. The zero-order chi connectivity index (χ0) is 16.1. The first kappa shape index (κ1) is 15.4. The fourth-order valence-corrected chi connectivity index (χ4v) is 1.91. The van der Waals surface area contributed by atoms with Gasteiger partial charge in [-0.2, -0.15) is 0 Å². The third-order valence-electron chi connectivity index (χ3n) is 3.01. The van der Waals surface area contributed by atoms with Gasteiger partial charge in [0, 0.05) is 18.1 Å². The molecule has 1 aromatic carbocycles. The number of methoxy groups -OCH3 is 1. The van der Waals surface area contributed by atoms with E-state index in [1.165, 1.54) is 6.26 Å². The molecule has 0 amide bonds. The summed E-state index contributed by atoms with van der Waals surface area (Å²) in [5, 5.41) is 17.7. The average molecular weight is 302 g/mol. The van der Waals surface area contributed by atoms with Crippen molar-refractivity contribution >= 4 is 11.8 Å². The smallest absolute Gasteiger partial charge is 0.371 e. The Balaban J connectivity index is 2.20. The standard InChI is InChI=1S/C16H14O6/c1-21-12-4-2-10(3-5-12)8-11-6-7-22-15(11)13(17)9-14(18)16(19)20/h2-7,9,18H,8H2,1H3,(H,19,20). The summed E-state index contributed by atoms with van der Waals surface area (Å²) in [6.07, 6.45) is 2.40. The van der Waals surface area contributed by atoms with E-state index >= 15 is 0 Å². The number of ketones is 1. The Bertz CT molecular complexity index is 708. The van der Waals surface area contributed by atoms with Gasteiger partial charge in [0.15, 0.2) is 5.76 Å². The summed E-state index contributed by atoms with van der Waals surface area (Å²) in [5.41, 5.74) is 1.53. The number of benzene rings is 1. The number of carbonyl (C=O) groups excluding carboxylic acids is 1. The molecule has 6 nitrogen and oxygen atoms in total. The largest absolute Gasteiger partial charge is 0.502 e. The molecule has 2 aromatic rings. The summed E-state index contributed by atoms with van der Waals surface area (Å²) in [4.78, 5) is 22.4. The van der Waals surface area contributed by atoms with Crippen LogP contribution >= 0.6 is 0 Å². The molecule has 2 rings (SSSR count). The number of rotatable bonds is 6. The van der Waals surface area contributed by atoms with Crippen molar-refractivity contribution in [3.05, 3.63) is 65.3 Å². The number of carbonyl (C=O) groups is 2. The molecule has 0 spiro atoms. The highest BCUT2D eigenvalue weighted by molar-refractivity contribution is 6.06. The first-order chi connectivity index (χ1) is 10.5. The molecule has 22 heavy (non-hydrogen) atoms. The molecule has 1 aromatic heterocycles. The number of aliphatic hydroxyl groups excluding tert-OH is 1. The van der Waals surface area contributed by atoms with E-state index in [4.69, 9.17) is 19.4 Å². The number of aliphatic carboxylic acids is 1. The topological polar surface area (TPSA) is 97.0 Å². The van der Waals surface area contributed by atoms with Gasteiger partial charge in [-0.05, 0) is 23.8 Å². The lowest BCUT2D eigenvalue weighted by molar-refractivity contribution is -0.135. The van der Waals surface area contributed by atoms with E-state index in [9.17, 15) is 9.59 Å². The van der Waals surface area contributed by atoms with Gasteiger partial charge in [-0.3, -0.25) is 4.79 Å². The van der Waals surface area contributed by atoms with E-state index in [0.717, 1.165) is 11.3 Å². The van der Waals surface area contributed by atoms with Gasteiger partial charge in [-0.15, -0.1) is 0 Å². The molecule has 0 atom stereocenters. The molecule has 2 N–H and O–H groups in total. The Morgan fingerprint density at radius 3 is 2.45 bits per heavy atom. The third kappa shape index (κ3) is 3.54. The highest BCUT2D eigenvalue weighted by Gasteiger charge is 2.16. The number of furan rings is 1. The summed E-state index contributed by atoms with van der Waals surface area (Å²) >= 11 is 0. The minimum absolute atomic E-state index is 0.00335. The molecule has 114 valence electrons. The zero-order valence-electron chi connectivity index (χ0n) is 11.8. The maximum absolute atomic E-state index is 11.9. The molecular weight excluding hydrogens is 288 g/mol. The van der Waals surface area contributed by atoms with Gasteiger partial charge in [0.1, 0.15) is 5.75 Å². The number of hydrogen-bond donors (Lipinski definition) is 2. The van der Waals surface area contributed by atoms with Gasteiger partial charge in [-0.1, -0.05) is 12.1 Å². The highest BCUT2D eigenvalue weighted by Crippen LogP contribution is 2.19. The van der Waals surface area contributed by atoms with Gasteiger partial charge in [-0.25, -0.2) is 4.79 Å². The number of ether oxygens (including phenoxy) is 1. The second-order valence-corrected chi connectivity index (χ2v) is 4.50. The van der Waals surface area contributed by atoms with Crippen LogP contribution < -0.4 is 4.74 Å². The van der Waals surface area contributed by atoms with Crippen molar-refractivity contribution in [2.24, 2.45) is 0 Å². The molecule has 0 radical (unpaired) electrons. The summed E-state index contributed by atoms with van der Waals surface area (Å²) in [6, 6.07) is 8.93. The lowest BCUT2D eigenvalue weighted by Gasteiger charge is -2.03. The minimum Gasteiger partial charge on any atom is -0.502 e. The van der Waals surface area contributed by atoms with E-state index < -0.39 is 17.5 Å². The van der Waals surface area contributed by atoms with E-state index in [-0.39, 0.29) is 5.76 Å². The number of carboxylic acid groups (broad SMARTS) is 1. The summed E-state index contributed by atoms with van der Waals surface area (Å²) in [7, 11) is 1.57. The summed E-state index contributed by atoms with van der Waals surface area (Å²) in [5.74, 6) is -2.58. The van der Waals surface area contributed by atoms with Crippen LogP contribution in [0.3, 0.4) is 0 Å². The predicted molar refractivity (Wildman–Crippen MR) is 77.2 cm³/mol. The second kappa shape index (κ2) is 6.62. The van der Waals surface area contributed by atoms with Crippen molar-refractivity contribution in [2.45, 2.75) is 6.42 Å².